The van der Waals surface area contributed by atoms with Gasteiger partial charge in [0.05, 0.1) is 11.4 Å². The van der Waals surface area contributed by atoms with Crippen molar-refractivity contribution in [2.75, 3.05) is 25.5 Å². The Labute approximate surface area is 162 Å². The Morgan fingerprint density at radius 1 is 0.926 bits per heavy atom. The normalized spacial score (nSPS) is 11.1. The molecule has 0 aliphatic heterocycles. The van der Waals surface area contributed by atoms with Gasteiger partial charge in [-0.05, 0) is 60.9 Å². The zero-order valence-corrected chi connectivity index (χ0v) is 16.8. The van der Waals surface area contributed by atoms with Gasteiger partial charge in [-0.1, -0.05) is 26.7 Å². The third kappa shape index (κ3) is 7.21. The molecule has 0 unspecified atom stereocenters. The molecule has 144 valence electrons. The third-order valence-electron chi connectivity index (χ3n) is 4.27. The summed E-state index contributed by atoms with van der Waals surface area (Å²) in [6.07, 6.45) is 3.36. The summed E-state index contributed by atoms with van der Waals surface area (Å²) in [4.78, 5) is 14.2. The van der Waals surface area contributed by atoms with E-state index in [1.54, 1.807) is 12.1 Å². The zero-order valence-electron chi connectivity index (χ0n) is 16.8. The molecule has 0 saturated heterocycles. The fourth-order valence-corrected chi connectivity index (χ4v) is 2.59. The van der Waals surface area contributed by atoms with E-state index >= 15 is 0 Å². The molecule has 1 amide bonds. The summed E-state index contributed by atoms with van der Waals surface area (Å²) >= 11 is 0. The quantitative estimate of drug-likeness (QED) is 0.455. The molecule has 0 spiro atoms. The number of nitrogens with zero attached hydrogens (tertiary/aromatic N) is 3. The van der Waals surface area contributed by atoms with Gasteiger partial charge in [-0.3, -0.25) is 4.79 Å². The van der Waals surface area contributed by atoms with Crippen LogP contribution in [0.4, 0.5) is 17.1 Å². The van der Waals surface area contributed by atoms with Crippen molar-refractivity contribution < 1.29 is 4.79 Å². The van der Waals surface area contributed by atoms with Crippen LogP contribution < -0.4 is 10.2 Å². The van der Waals surface area contributed by atoms with Crippen molar-refractivity contribution in [2.24, 2.45) is 16.1 Å². The predicted octanol–water partition coefficient (Wildman–Crippen LogP) is 5.72. The van der Waals surface area contributed by atoms with Gasteiger partial charge in [-0.25, -0.2) is 0 Å². The monoisotopic (exact) mass is 366 g/mol. The van der Waals surface area contributed by atoms with E-state index in [1.807, 2.05) is 55.4 Å². The second-order valence-corrected chi connectivity index (χ2v) is 7.30. The molecule has 5 nitrogen and oxygen atoms in total. The first-order valence-electron chi connectivity index (χ1n) is 9.53. The maximum absolute atomic E-state index is 12.2. The highest BCUT2D eigenvalue weighted by atomic mass is 16.1. The van der Waals surface area contributed by atoms with Crippen molar-refractivity contribution in [3.8, 4) is 0 Å². The van der Waals surface area contributed by atoms with Crippen LogP contribution in [0.15, 0.2) is 58.8 Å². The zero-order chi connectivity index (χ0) is 19.6. The molecule has 0 heterocycles. The smallest absolute Gasteiger partial charge is 0.251 e. The van der Waals surface area contributed by atoms with Crippen molar-refractivity contribution in [3.05, 3.63) is 54.1 Å². The predicted molar refractivity (Wildman–Crippen MR) is 112 cm³/mol. The van der Waals surface area contributed by atoms with Gasteiger partial charge in [0.1, 0.15) is 0 Å². The number of hydrogen-bond donors (Lipinski definition) is 1. The van der Waals surface area contributed by atoms with Crippen LogP contribution in [0, 0.1) is 5.92 Å². The second-order valence-electron chi connectivity index (χ2n) is 7.30. The molecule has 0 atom stereocenters. The van der Waals surface area contributed by atoms with Gasteiger partial charge >= 0.3 is 0 Å². The maximum atomic E-state index is 12.2. The molecule has 1 N–H and O–H groups in total. The average Bonchev–Trinajstić information content (AvgIpc) is 2.66. The molecule has 0 radical (unpaired) electrons. The fraction of sp³-hybridized carbons (Fsp3) is 0.409. The van der Waals surface area contributed by atoms with Crippen molar-refractivity contribution in [2.45, 2.75) is 33.1 Å². The minimum atomic E-state index is -0.0395. The van der Waals surface area contributed by atoms with E-state index in [9.17, 15) is 4.79 Å². The first-order chi connectivity index (χ1) is 13.0. The molecule has 0 aromatic heterocycles. The van der Waals surface area contributed by atoms with E-state index in [0.29, 0.717) is 11.5 Å². The molecule has 0 bridgehead atoms. The van der Waals surface area contributed by atoms with E-state index in [0.717, 1.165) is 36.4 Å². The highest BCUT2D eigenvalue weighted by Crippen LogP contribution is 2.21. The molecule has 2 rings (SSSR count). The summed E-state index contributed by atoms with van der Waals surface area (Å²) in [5, 5.41) is 11.4. The number of azo groups is 1. The molecule has 2 aromatic rings. The molecule has 27 heavy (non-hydrogen) atoms. The van der Waals surface area contributed by atoms with Crippen molar-refractivity contribution in [1.82, 2.24) is 5.32 Å². The summed E-state index contributed by atoms with van der Waals surface area (Å²) in [6, 6.07) is 15.1. The molecule has 0 saturated carbocycles. The number of benzene rings is 2. The minimum absolute atomic E-state index is 0.0395. The van der Waals surface area contributed by atoms with E-state index in [-0.39, 0.29) is 5.91 Å². The van der Waals surface area contributed by atoms with Crippen LogP contribution in [0.5, 0.6) is 0 Å². The van der Waals surface area contributed by atoms with Crippen molar-refractivity contribution in [1.29, 1.82) is 0 Å². The molecular formula is C22H30N4O. The lowest BCUT2D eigenvalue weighted by Gasteiger charge is -2.11. The number of anilines is 1. The maximum Gasteiger partial charge on any atom is 0.251 e. The summed E-state index contributed by atoms with van der Waals surface area (Å²) in [5.41, 5.74) is 3.28. The number of amides is 1. The first-order valence-corrected chi connectivity index (χ1v) is 9.53. The summed E-state index contributed by atoms with van der Waals surface area (Å²) in [5.74, 6) is 0.677. The van der Waals surface area contributed by atoms with Gasteiger partial charge in [0.25, 0.3) is 5.91 Å². The molecule has 0 aliphatic rings. The lowest BCUT2D eigenvalue weighted by atomic mass is 10.1. The summed E-state index contributed by atoms with van der Waals surface area (Å²) in [7, 11) is 4.00. The minimum Gasteiger partial charge on any atom is -0.378 e. The first kappa shape index (κ1) is 20.6. The number of unbranched alkanes of at least 4 members (excludes halogenated alkanes) is 1. The fourth-order valence-electron chi connectivity index (χ4n) is 2.59. The Bertz CT molecular complexity index is 734. The van der Waals surface area contributed by atoms with Gasteiger partial charge in [-0.2, -0.15) is 10.2 Å². The Hall–Kier alpha value is -2.69. The summed E-state index contributed by atoms with van der Waals surface area (Å²) < 4.78 is 0. The Kier molecular flexibility index (Phi) is 7.99. The Morgan fingerprint density at radius 3 is 2.00 bits per heavy atom. The number of hydrogen-bond acceptors (Lipinski definition) is 4. The number of rotatable bonds is 9. The standard InChI is InChI=1S/C22H30N4O/c1-17(2)7-5-6-16-23-22(27)18-8-10-19(11-9-18)24-25-20-12-14-21(15-13-20)26(3)4/h8-15,17H,5-7,16H2,1-4H3,(H,23,27)/b25-24+. The van der Waals surface area contributed by atoms with Crippen molar-refractivity contribution >= 4 is 23.0 Å². The largest absolute Gasteiger partial charge is 0.378 e. The van der Waals surface area contributed by atoms with Gasteiger partial charge in [0, 0.05) is 31.9 Å². The van der Waals surface area contributed by atoms with E-state index < -0.39 is 0 Å². The second kappa shape index (κ2) is 10.5. The average molecular weight is 367 g/mol. The van der Waals surface area contributed by atoms with Gasteiger partial charge < -0.3 is 10.2 Å². The van der Waals surface area contributed by atoms with Crippen LogP contribution in [-0.4, -0.2) is 26.5 Å². The lowest BCUT2D eigenvalue weighted by Crippen LogP contribution is -2.24. The van der Waals surface area contributed by atoms with Gasteiger partial charge in [0.2, 0.25) is 0 Å². The van der Waals surface area contributed by atoms with E-state index in [4.69, 9.17) is 0 Å². The van der Waals surface area contributed by atoms with Crippen LogP contribution in [0.2, 0.25) is 0 Å². The molecular weight excluding hydrogens is 336 g/mol. The van der Waals surface area contributed by atoms with Crippen LogP contribution in [-0.2, 0) is 0 Å². The Balaban J connectivity index is 1.84. The third-order valence-corrected chi connectivity index (χ3v) is 4.27. The Morgan fingerprint density at radius 2 is 1.48 bits per heavy atom. The highest BCUT2D eigenvalue weighted by molar-refractivity contribution is 5.94. The topological polar surface area (TPSA) is 57.1 Å². The van der Waals surface area contributed by atoms with Crippen molar-refractivity contribution in [3.63, 3.8) is 0 Å². The molecule has 0 aliphatic carbocycles. The van der Waals surface area contributed by atoms with Gasteiger partial charge in [-0.15, -0.1) is 0 Å². The lowest BCUT2D eigenvalue weighted by molar-refractivity contribution is 0.0953. The number of nitrogens with one attached hydrogen (secondary N) is 1. The number of carbonyl (C=O) groups is 1. The SMILES string of the molecule is CC(C)CCCCNC(=O)c1ccc(/N=N/c2ccc(N(C)C)cc2)cc1. The van der Waals surface area contributed by atoms with Crippen LogP contribution in [0.1, 0.15) is 43.5 Å². The van der Waals surface area contributed by atoms with Crippen LogP contribution in [0.25, 0.3) is 0 Å². The van der Waals surface area contributed by atoms with Crippen LogP contribution in [0.3, 0.4) is 0 Å². The molecule has 5 heteroatoms. The highest BCUT2D eigenvalue weighted by Gasteiger charge is 2.04. The summed E-state index contributed by atoms with van der Waals surface area (Å²) in [6.45, 7) is 5.16. The van der Waals surface area contributed by atoms with E-state index in [2.05, 4.69) is 29.4 Å². The molecule has 2 aromatic carbocycles. The van der Waals surface area contributed by atoms with Gasteiger partial charge in [0.15, 0.2) is 0 Å². The number of carbonyl (C=O) groups excluding carboxylic acids is 1. The van der Waals surface area contributed by atoms with E-state index in [1.165, 1.54) is 6.42 Å². The molecule has 0 fully saturated rings. The van der Waals surface area contributed by atoms with Crippen LogP contribution >= 0.6 is 0 Å².